The minimum Gasteiger partial charge on any atom is -0.299 e. The average Bonchev–Trinajstić information content (AvgIpc) is 2.62. The highest BCUT2D eigenvalue weighted by molar-refractivity contribution is 7.09. The van der Waals surface area contributed by atoms with E-state index >= 15 is 0 Å². The lowest BCUT2D eigenvalue weighted by molar-refractivity contribution is -0.119. The van der Waals surface area contributed by atoms with Gasteiger partial charge in [-0.05, 0) is 5.92 Å². The molecule has 2 rings (SSSR count). The molecule has 88 valence electrons. The van der Waals surface area contributed by atoms with Crippen molar-refractivity contribution in [2.45, 2.75) is 51.4 Å². The molecule has 1 aromatic rings. The molecule has 0 spiro atoms. The Kier molecular flexibility index (Phi) is 4.52. The van der Waals surface area contributed by atoms with E-state index in [1.165, 1.54) is 38.5 Å². The molecule has 0 aliphatic heterocycles. The van der Waals surface area contributed by atoms with Crippen LogP contribution in [0.2, 0.25) is 0 Å². The minimum absolute atomic E-state index is 0.399. The number of hydrogen-bond acceptors (Lipinski definition) is 3. The third-order valence-electron chi connectivity index (χ3n) is 3.35. The molecule has 0 N–H and O–H groups in total. The predicted molar refractivity (Wildman–Crippen MR) is 66.6 cm³/mol. The summed E-state index contributed by atoms with van der Waals surface area (Å²) in [5.41, 5.74) is 1.80. The summed E-state index contributed by atoms with van der Waals surface area (Å²) in [4.78, 5) is 17.0. The maximum absolute atomic E-state index is 11.9. The van der Waals surface area contributed by atoms with Crippen molar-refractivity contribution in [2.75, 3.05) is 0 Å². The second kappa shape index (κ2) is 6.14. The van der Waals surface area contributed by atoms with Crippen LogP contribution in [0.5, 0.6) is 0 Å². The monoisotopic (exact) mass is 237 g/mol. The van der Waals surface area contributed by atoms with Gasteiger partial charge in [0, 0.05) is 23.9 Å². The number of thiazole rings is 1. The average molecular weight is 237 g/mol. The lowest BCUT2D eigenvalue weighted by Crippen LogP contribution is -2.09. The maximum atomic E-state index is 11.9. The summed E-state index contributed by atoms with van der Waals surface area (Å²) < 4.78 is 0. The second-order valence-corrected chi connectivity index (χ2v) is 5.72. The Morgan fingerprint density at radius 2 is 2.06 bits per heavy atom. The van der Waals surface area contributed by atoms with Crippen LogP contribution in [0.4, 0.5) is 0 Å². The summed E-state index contributed by atoms with van der Waals surface area (Å²) in [7, 11) is 0. The van der Waals surface area contributed by atoms with Crippen LogP contribution in [0.15, 0.2) is 11.7 Å². The van der Waals surface area contributed by atoms with Gasteiger partial charge < -0.3 is 0 Å². The first-order valence-electron chi connectivity index (χ1n) is 6.23. The molecule has 1 saturated carbocycles. The van der Waals surface area contributed by atoms with Gasteiger partial charge in [0.25, 0.3) is 0 Å². The molecule has 1 aliphatic carbocycles. The highest BCUT2D eigenvalue weighted by Crippen LogP contribution is 2.26. The van der Waals surface area contributed by atoms with Crippen LogP contribution in [0.1, 0.15) is 49.8 Å². The predicted octanol–water partition coefficient (Wildman–Crippen LogP) is 3.62. The Morgan fingerprint density at radius 1 is 1.31 bits per heavy atom. The van der Waals surface area contributed by atoms with Gasteiger partial charge in [-0.1, -0.05) is 38.5 Å². The van der Waals surface area contributed by atoms with Crippen LogP contribution in [-0.2, 0) is 11.2 Å². The van der Waals surface area contributed by atoms with Gasteiger partial charge in [-0.25, -0.2) is 0 Å². The number of aromatic nitrogens is 1. The first-order valence-corrected chi connectivity index (χ1v) is 7.11. The molecular weight excluding hydrogens is 218 g/mol. The summed E-state index contributed by atoms with van der Waals surface area (Å²) in [5.74, 6) is 1.05. The zero-order chi connectivity index (χ0) is 11.2. The molecular formula is C13H19NOS. The standard InChI is InChI=1S/C13H19NOS/c15-12(8-13-9-14-10-16-13)7-11-5-3-1-2-4-6-11/h9-11H,1-8H2. The summed E-state index contributed by atoms with van der Waals surface area (Å²) in [6.45, 7) is 0. The van der Waals surface area contributed by atoms with E-state index in [0.29, 0.717) is 18.1 Å². The molecule has 0 atom stereocenters. The Balaban J connectivity index is 1.77. The van der Waals surface area contributed by atoms with Crippen molar-refractivity contribution in [3.63, 3.8) is 0 Å². The normalized spacial score (nSPS) is 18.2. The fourth-order valence-electron chi connectivity index (χ4n) is 2.49. The Bertz CT molecular complexity index is 313. The molecule has 0 amide bonds. The van der Waals surface area contributed by atoms with Gasteiger partial charge in [0.05, 0.1) is 5.51 Å². The van der Waals surface area contributed by atoms with Crippen molar-refractivity contribution in [3.05, 3.63) is 16.6 Å². The minimum atomic E-state index is 0.399. The van der Waals surface area contributed by atoms with E-state index < -0.39 is 0 Å². The van der Waals surface area contributed by atoms with Crippen molar-refractivity contribution >= 4 is 17.1 Å². The van der Waals surface area contributed by atoms with E-state index in [-0.39, 0.29) is 0 Å². The Hall–Kier alpha value is -0.700. The molecule has 0 radical (unpaired) electrons. The number of rotatable bonds is 4. The van der Waals surface area contributed by atoms with Gasteiger partial charge in [-0.15, -0.1) is 11.3 Å². The fraction of sp³-hybridized carbons (Fsp3) is 0.692. The number of carbonyl (C=O) groups excluding carboxylic acids is 1. The first kappa shape index (κ1) is 11.8. The smallest absolute Gasteiger partial charge is 0.138 e. The molecule has 0 unspecified atom stereocenters. The largest absolute Gasteiger partial charge is 0.299 e. The van der Waals surface area contributed by atoms with E-state index in [1.807, 2.05) is 6.20 Å². The Morgan fingerprint density at radius 3 is 2.69 bits per heavy atom. The van der Waals surface area contributed by atoms with Crippen LogP contribution in [-0.4, -0.2) is 10.8 Å². The van der Waals surface area contributed by atoms with Crippen molar-refractivity contribution in [3.8, 4) is 0 Å². The van der Waals surface area contributed by atoms with Gasteiger partial charge in [0.1, 0.15) is 5.78 Å². The lowest BCUT2D eigenvalue weighted by atomic mass is 9.93. The van der Waals surface area contributed by atoms with Crippen molar-refractivity contribution in [2.24, 2.45) is 5.92 Å². The first-order chi connectivity index (χ1) is 7.84. The summed E-state index contributed by atoms with van der Waals surface area (Å²) in [5, 5.41) is 0. The third kappa shape index (κ3) is 3.71. The maximum Gasteiger partial charge on any atom is 0.138 e. The van der Waals surface area contributed by atoms with Crippen LogP contribution < -0.4 is 0 Å². The Labute approximate surface area is 101 Å². The topological polar surface area (TPSA) is 30.0 Å². The molecule has 1 aromatic heterocycles. The van der Waals surface area contributed by atoms with E-state index in [0.717, 1.165) is 11.3 Å². The van der Waals surface area contributed by atoms with Gasteiger partial charge in [-0.3, -0.25) is 9.78 Å². The number of hydrogen-bond donors (Lipinski definition) is 0. The molecule has 1 aliphatic rings. The number of nitrogens with zero attached hydrogens (tertiary/aromatic N) is 1. The molecule has 1 fully saturated rings. The summed E-state index contributed by atoms with van der Waals surface area (Å²) in [6, 6.07) is 0. The zero-order valence-corrected chi connectivity index (χ0v) is 10.5. The van der Waals surface area contributed by atoms with Gasteiger partial charge >= 0.3 is 0 Å². The zero-order valence-electron chi connectivity index (χ0n) is 9.65. The summed E-state index contributed by atoms with van der Waals surface area (Å²) >= 11 is 1.59. The van der Waals surface area contributed by atoms with Crippen molar-refractivity contribution in [1.82, 2.24) is 4.98 Å². The molecule has 16 heavy (non-hydrogen) atoms. The summed E-state index contributed by atoms with van der Waals surface area (Å²) in [6.07, 6.45) is 11.1. The van der Waals surface area contributed by atoms with E-state index in [4.69, 9.17) is 0 Å². The number of Topliss-reactive ketones (excluding diaryl/α,β-unsaturated/α-hetero) is 1. The van der Waals surface area contributed by atoms with Crippen LogP contribution in [0.3, 0.4) is 0 Å². The molecule has 2 nitrogen and oxygen atoms in total. The van der Waals surface area contributed by atoms with E-state index in [9.17, 15) is 4.79 Å². The quantitative estimate of drug-likeness (QED) is 0.749. The lowest BCUT2D eigenvalue weighted by Gasteiger charge is -2.12. The number of ketones is 1. The van der Waals surface area contributed by atoms with Crippen LogP contribution in [0, 0.1) is 5.92 Å². The van der Waals surface area contributed by atoms with Crippen LogP contribution >= 0.6 is 11.3 Å². The third-order valence-corrected chi connectivity index (χ3v) is 4.13. The molecule has 0 bridgehead atoms. The van der Waals surface area contributed by atoms with Gasteiger partial charge in [0.15, 0.2) is 0 Å². The van der Waals surface area contributed by atoms with Gasteiger partial charge in [-0.2, -0.15) is 0 Å². The van der Waals surface area contributed by atoms with Gasteiger partial charge in [0.2, 0.25) is 0 Å². The second-order valence-electron chi connectivity index (χ2n) is 4.74. The van der Waals surface area contributed by atoms with Crippen molar-refractivity contribution in [1.29, 1.82) is 0 Å². The van der Waals surface area contributed by atoms with Crippen LogP contribution in [0.25, 0.3) is 0 Å². The highest BCUT2D eigenvalue weighted by atomic mass is 32.1. The van der Waals surface area contributed by atoms with Crippen molar-refractivity contribution < 1.29 is 4.79 Å². The number of carbonyl (C=O) groups is 1. The fourth-order valence-corrected chi connectivity index (χ4v) is 3.11. The SMILES string of the molecule is O=C(Cc1cncs1)CC1CCCCCC1. The molecule has 1 heterocycles. The van der Waals surface area contributed by atoms with E-state index in [1.54, 1.807) is 16.8 Å². The van der Waals surface area contributed by atoms with E-state index in [2.05, 4.69) is 4.98 Å². The molecule has 0 aromatic carbocycles. The molecule has 0 saturated heterocycles. The molecule has 3 heteroatoms. The highest BCUT2D eigenvalue weighted by Gasteiger charge is 2.16.